The molecular weight excluding hydrogens is 346 g/mol. The number of nitrogens with zero attached hydrogens (tertiary/aromatic N) is 3. The molecule has 26 heavy (non-hydrogen) atoms. The molecule has 0 unspecified atom stereocenters. The Morgan fingerprint density at radius 1 is 1.08 bits per heavy atom. The number of aliphatic imine (C=N–C) groups is 1. The Morgan fingerprint density at radius 2 is 1.85 bits per heavy atom. The largest absolute Gasteiger partial charge is 0.361 e. The maximum atomic E-state index is 5.42. The summed E-state index contributed by atoms with van der Waals surface area (Å²) in [5.74, 6) is 1.76. The van der Waals surface area contributed by atoms with E-state index in [1.807, 2.05) is 0 Å². The van der Waals surface area contributed by atoms with Crippen molar-refractivity contribution < 1.29 is 4.52 Å². The van der Waals surface area contributed by atoms with E-state index in [-0.39, 0.29) is 0 Å². The zero-order valence-corrected chi connectivity index (χ0v) is 17.4. The van der Waals surface area contributed by atoms with E-state index in [1.165, 1.54) is 15.6 Å². The van der Waals surface area contributed by atoms with Crippen LogP contribution in [-0.4, -0.2) is 29.2 Å². The van der Waals surface area contributed by atoms with Crippen LogP contribution in [0.3, 0.4) is 0 Å². The molecule has 0 aliphatic heterocycles. The number of hydrogen-bond acceptors (Lipinski definition) is 5. The van der Waals surface area contributed by atoms with E-state index in [2.05, 4.69) is 50.4 Å². The highest BCUT2D eigenvalue weighted by Gasteiger charge is 2.13. The number of aryl methyl sites for hydroxylation is 4. The van der Waals surface area contributed by atoms with Gasteiger partial charge < -0.3 is 15.2 Å². The van der Waals surface area contributed by atoms with Gasteiger partial charge in [0.15, 0.2) is 5.96 Å². The lowest BCUT2D eigenvalue weighted by atomic mass is 10.1. The Morgan fingerprint density at radius 3 is 2.46 bits per heavy atom. The van der Waals surface area contributed by atoms with Crippen molar-refractivity contribution in [3.05, 3.63) is 32.6 Å². The summed E-state index contributed by atoms with van der Waals surface area (Å²) in [7, 11) is 0. The Labute approximate surface area is 160 Å². The van der Waals surface area contributed by atoms with Gasteiger partial charge in [0.05, 0.1) is 22.9 Å². The molecule has 144 valence electrons. The van der Waals surface area contributed by atoms with Gasteiger partial charge in [-0.2, -0.15) is 0 Å². The molecule has 0 aromatic carbocycles. The van der Waals surface area contributed by atoms with Crippen molar-refractivity contribution in [1.82, 2.24) is 20.8 Å². The van der Waals surface area contributed by atoms with Gasteiger partial charge in [-0.05, 0) is 26.7 Å². The minimum Gasteiger partial charge on any atom is -0.361 e. The second-order valence-corrected chi connectivity index (χ2v) is 7.36. The Kier molecular flexibility index (Phi) is 8.09. The molecule has 0 aliphatic carbocycles. The lowest BCUT2D eigenvalue weighted by molar-refractivity contribution is 0.380. The first kappa shape index (κ1) is 20.4. The van der Waals surface area contributed by atoms with Crippen LogP contribution < -0.4 is 10.6 Å². The lowest BCUT2D eigenvalue weighted by Gasteiger charge is -2.10. The Balaban J connectivity index is 1.97. The minimum atomic E-state index is 0.585. The lowest BCUT2D eigenvalue weighted by Crippen LogP contribution is -2.38. The van der Waals surface area contributed by atoms with Crippen molar-refractivity contribution in [3.63, 3.8) is 0 Å². The summed E-state index contributed by atoms with van der Waals surface area (Å²) in [5, 5.41) is 12.1. The van der Waals surface area contributed by atoms with E-state index in [0.29, 0.717) is 6.54 Å². The number of aromatic nitrogens is 2. The SMILES string of the molecule is CCNC(=NCc1c(CC)noc1CC)NCCc1nc(CC)c(C)s1. The van der Waals surface area contributed by atoms with Crippen LogP contribution in [0.2, 0.25) is 0 Å². The second kappa shape index (κ2) is 10.3. The third kappa shape index (κ3) is 5.30. The Hall–Kier alpha value is -1.89. The average molecular weight is 378 g/mol. The molecule has 0 saturated carbocycles. The van der Waals surface area contributed by atoms with Crippen LogP contribution >= 0.6 is 11.3 Å². The Bertz CT molecular complexity index is 698. The summed E-state index contributed by atoms with van der Waals surface area (Å²) < 4.78 is 5.42. The van der Waals surface area contributed by atoms with Gasteiger partial charge in [-0.1, -0.05) is 25.9 Å². The van der Waals surface area contributed by atoms with Gasteiger partial charge in [-0.15, -0.1) is 11.3 Å². The van der Waals surface area contributed by atoms with Crippen LogP contribution in [0.4, 0.5) is 0 Å². The number of thiazole rings is 1. The van der Waals surface area contributed by atoms with Gasteiger partial charge in [-0.25, -0.2) is 9.98 Å². The molecule has 0 aliphatic rings. The first-order valence-corrected chi connectivity index (χ1v) is 10.4. The highest BCUT2D eigenvalue weighted by Crippen LogP contribution is 2.18. The molecule has 0 amide bonds. The van der Waals surface area contributed by atoms with Gasteiger partial charge in [0.2, 0.25) is 0 Å². The van der Waals surface area contributed by atoms with Crippen LogP contribution in [-0.2, 0) is 32.2 Å². The maximum absolute atomic E-state index is 5.42. The molecule has 2 heterocycles. The zero-order chi connectivity index (χ0) is 18.9. The van der Waals surface area contributed by atoms with E-state index in [0.717, 1.165) is 61.7 Å². The van der Waals surface area contributed by atoms with Gasteiger partial charge in [-0.3, -0.25) is 0 Å². The summed E-state index contributed by atoms with van der Waals surface area (Å²) in [5.41, 5.74) is 3.35. The minimum absolute atomic E-state index is 0.585. The van der Waals surface area contributed by atoms with Crippen molar-refractivity contribution in [2.45, 2.75) is 66.8 Å². The molecule has 0 spiro atoms. The van der Waals surface area contributed by atoms with Gasteiger partial charge in [0.25, 0.3) is 0 Å². The van der Waals surface area contributed by atoms with Crippen LogP contribution in [0.25, 0.3) is 0 Å². The van der Waals surface area contributed by atoms with E-state index in [9.17, 15) is 0 Å². The molecule has 2 aromatic heterocycles. The van der Waals surface area contributed by atoms with Gasteiger partial charge in [0, 0.05) is 36.4 Å². The van der Waals surface area contributed by atoms with Crippen molar-refractivity contribution >= 4 is 17.3 Å². The molecule has 2 rings (SSSR count). The molecular formula is C19H31N5OS. The summed E-state index contributed by atoms with van der Waals surface area (Å²) >= 11 is 1.79. The van der Waals surface area contributed by atoms with E-state index in [4.69, 9.17) is 14.5 Å². The predicted molar refractivity (Wildman–Crippen MR) is 108 cm³/mol. The highest BCUT2D eigenvalue weighted by molar-refractivity contribution is 7.11. The van der Waals surface area contributed by atoms with Crippen molar-refractivity contribution in [1.29, 1.82) is 0 Å². The summed E-state index contributed by atoms with van der Waals surface area (Å²) in [6.45, 7) is 12.8. The fraction of sp³-hybridized carbons (Fsp3) is 0.632. The van der Waals surface area contributed by atoms with Crippen molar-refractivity contribution in [2.24, 2.45) is 4.99 Å². The first-order valence-electron chi connectivity index (χ1n) is 9.56. The summed E-state index contributed by atoms with van der Waals surface area (Å²) in [4.78, 5) is 10.7. The number of rotatable bonds is 9. The predicted octanol–water partition coefficient (Wildman–Crippen LogP) is 3.42. The van der Waals surface area contributed by atoms with Gasteiger partial charge in [0.1, 0.15) is 5.76 Å². The van der Waals surface area contributed by atoms with E-state index in [1.54, 1.807) is 11.3 Å². The van der Waals surface area contributed by atoms with Crippen LogP contribution in [0.5, 0.6) is 0 Å². The maximum Gasteiger partial charge on any atom is 0.191 e. The fourth-order valence-corrected chi connectivity index (χ4v) is 3.85. The van der Waals surface area contributed by atoms with Crippen LogP contribution in [0.15, 0.2) is 9.52 Å². The van der Waals surface area contributed by atoms with Crippen molar-refractivity contribution in [2.75, 3.05) is 13.1 Å². The van der Waals surface area contributed by atoms with Crippen LogP contribution in [0, 0.1) is 6.92 Å². The fourth-order valence-electron chi connectivity index (χ4n) is 2.83. The average Bonchev–Trinajstić information content (AvgIpc) is 3.21. The zero-order valence-electron chi connectivity index (χ0n) is 16.6. The molecule has 0 bridgehead atoms. The summed E-state index contributed by atoms with van der Waals surface area (Å²) in [6, 6.07) is 0. The third-order valence-electron chi connectivity index (χ3n) is 4.25. The smallest absolute Gasteiger partial charge is 0.191 e. The monoisotopic (exact) mass is 377 g/mol. The molecule has 2 aromatic rings. The molecule has 7 heteroatoms. The van der Waals surface area contributed by atoms with Crippen molar-refractivity contribution in [3.8, 4) is 0 Å². The second-order valence-electron chi connectivity index (χ2n) is 6.07. The third-order valence-corrected chi connectivity index (χ3v) is 5.32. The number of nitrogens with one attached hydrogen (secondary N) is 2. The van der Waals surface area contributed by atoms with E-state index < -0.39 is 0 Å². The molecule has 0 saturated heterocycles. The summed E-state index contributed by atoms with van der Waals surface area (Å²) in [6.07, 6.45) is 3.61. The normalized spacial score (nSPS) is 11.8. The molecule has 2 N–H and O–H groups in total. The molecule has 6 nitrogen and oxygen atoms in total. The highest BCUT2D eigenvalue weighted by atomic mass is 32.1. The quantitative estimate of drug-likeness (QED) is 0.517. The molecule has 0 atom stereocenters. The molecule has 0 radical (unpaired) electrons. The number of hydrogen-bond donors (Lipinski definition) is 2. The molecule has 0 fully saturated rings. The first-order chi connectivity index (χ1) is 12.6. The van der Waals surface area contributed by atoms with Gasteiger partial charge >= 0.3 is 0 Å². The topological polar surface area (TPSA) is 75.3 Å². The van der Waals surface area contributed by atoms with Crippen LogP contribution in [0.1, 0.15) is 60.3 Å². The van der Waals surface area contributed by atoms with E-state index >= 15 is 0 Å². The number of guanidine groups is 1. The standard InChI is InChI=1S/C19H31N5OS/c1-6-15-13(5)26-18(23-15)10-11-21-19(20-9-4)22-12-14-16(7-2)24-25-17(14)8-3/h6-12H2,1-5H3,(H2,20,21,22).